The maximum absolute atomic E-state index is 12.4. The third-order valence-corrected chi connectivity index (χ3v) is 5.33. The summed E-state index contributed by atoms with van der Waals surface area (Å²) in [5, 5.41) is 9.86. The van der Waals surface area contributed by atoms with Gasteiger partial charge >= 0.3 is 0 Å². The molecule has 1 aromatic carbocycles. The maximum atomic E-state index is 12.4. The Morgan fingerprint density at radius 2 is 2.00 bits per heavy atom. The smallest absolute Gasteiger partial charge is 0.225 e. The Morgan fingerprint density at radius 3 is 2.68 bits per heavy atom. The summed E-state index contributed by atoms with van der Waals surface area (Å²) >= 11 is 9.40. The molecule has 0 fully saturated rings. The van der Waals surface area contributed by atoms with Crippen LogP contribution in [0.1, 0.15) is 22.0 Å². The molecule has 0 saturated heterocycles. The molecule has 0 aliphatic carbocycles. The van der Waals surface area contributed by atoms with Crippen molar-refractivity contribution >= 4 is 40.2 Å². The maximum Gasteiger partial charge on any atom is 0.225 e. The first-order valence-electron chi connectivity index (χ1n) is 6.82. The summed E-state index contributed by atoms with van der Waals surface area (Å²) in [5.41, 5.74) is 1.96. The van der Waals surface area contributed by atoms with Crippen molar-refractivity contribution < 1.29 is 4.79 Å². The van der Waals surface area contributed by atoms with E-state index in [-0.39, 0.29) is 18.4 Å². The molecule has 0 unspecified atom stereocenters. The fourth-order valence-corrected chi connectivity index (χ4v) is 3.93. The monoisotopic (exact) mass is 347 g/mol. The second kappa shape index (κ2) is 7.09. The van der Waals surface area contributed by atoms with Crippen LogP contribution < -0.4 is 5.32 Å². The standard InChI is InChI=1S/C17H14ClNOS2/c18-14-5-2-1-4-12(14)10-16(20)19-17(13-7-9-21-11-13)15-6-3-8-22-15/h1-9,11,17H,10H2,(H,19,20)/t17-/m0/s1. The predicted octanol–water partition coefficient (Wildman–Crippen LogP) is 4.91. The van der Waals surface area contributed by atoms with Gasteiger partial charge < -0.3 is 5.32 Å². The Hall–Kier alpha value is -1.62. The Kier molecular flexibility index (Phi) is 4.93. The Bertz CT molecular complexity index is 704. The van der Waals surface area contributed by atoms with E-state index in [9.17, 15) is 4.79 Å². The third kappa shape index (κ3) is 3.58. The third-order valence-electron chi connectivity index (χ3n) is 3.32. The highest BCUT2D eigenvalue weighted by Crippen LogP contribution is 2.27. The number of amides is 1. The number of halogens is 1. The van der Waals surface area contributed by atoms with Gasteiger partial charge in [0.25, 0.3) is 0 Å². The molecule has 0 bridgehead atoms. The topological polar surface area (TPSA) is 29.1 Å². The molecule has 22 heavy (non-hydrogen) atoms. The van der Waals surface area contributed by atoms with Gasteiger partial charge in [-0.15, -0.1) is 11.3 Å². The van der Waals surface area contributed by atoms with Crippen LogP contribution in [0, 0.1) is 0 Å². The van der Waals surface area contributed by atoms with Gasteiger partial charge in [-0.1, -0.05) is 35.9 Å². The van der Waals surface area contributed by atoms with Crippen molar-refractivity contribution in [1.29, 1.82) is 0 Å². The summed E-state index contributed by atoms with van der Waals surface area (Å²) in [6.07, 6.45) is 0.283. The first-order valence-corrected chi connectivity index (χ1v) is 9.02. The van der Waals surface area contributed by atoms with Gasteiger partial charge in [0.2, 0.25) is 5.91 Å². The van der Waals surface area contributed by atoms with Crippen LogP contribution in [-0.2, 0) is 11.2 Å². The van der Waals surface area contributed by atoms with Crippen LogP contribution in [-0.4, -0.2) is 5.91 Å². The van der Waals surface area contributed by atoms with Crippen molar-refractivity contribution in [3.8, 4) is 0 Å². The van der Waals surface area contributed by atoms with Crippen molar-refractivity contribution in [3.63, 3.8) is 0 Å². The molecule has 3 aromatic rings. The average Bonchev–Trinajstić information content (AvgIpc) is 3.21. The predicted molar refractivity (Wildman–Crippen MR) is 93.8 cm³/mol. The van der Waals surface area contributed by atoms with Gasteiger partial charge in [0.15, 0.2) is 0 Å². The van der Waals surface area contributed by atoms with E-state index >= 15 is 0 Å². The Balaban J connectivity index is 1.77. The summed E-state index contributed by atoms with van der Waals surface area (Å²) in [5.74, 6) is -0.0299. The van der Waals surface area contributed by atoms with Crippen LogP contribution in [0.5, 0.6) is 0 Å². The second-order valence-electron chi connectivity index (χ2n) is 4.84. The Morgan fingerprint density at radius 1 is 1.14 bits per heavy atom. The first kappa shape index (κ1) is 15.3. The number of nitrogens with one attached hydrogen (secondary N) is 1. The highest BCUT2D eigenvalue weighted by Gasteiger charge is 2.18. The number of rotatable bonds is 5. The first-order chi connectivity index (χ1) is 10.7. The van der Waals surface area contributed by atoms with E-state index in [1.165, 1.54) is 0 Å². The van der Waals surface area contributed by atoms with E-state index in [1.807, 2.05) is 47.2 Å². The number of carbonyl (C=O) groups excluding carboxylic acids is 1. The molecule has 2 aromatic heterocycles. The number of benzene rings is 1. The van der Waals surface area contributed by atoms with Gasteiger partial charge in [-0.3, -0.25) is 4.79 Å². The molecule has 0 saturated carbocycles. The normalized spacial score (nSPS) is 12.0. The van der Waals surface area contributed by atoms with E-state index in [1.54, 1.807) is 28.7 Å². The quantitative estimate of drug-likeness (QED) is 0.698. The highest BCUT2D eigenvalue weighted by atomic mass is 35.5. The molecule has 112 valence electrons. The SMILES string of the molecule is O=C(Cc1ccccc1Cl)N[C@@H](c1ccsc1)c1cccs1. The fraction of sp³-hybridized carbons (Fsp3) is 0.118. The minimum Gasteiger partial charge on any atom is -0.344 e. The summed E-state index contributed by atoms with van der Waals surface area (Å²) in [6, 6.07) is 13.4. The zero-order valence-electron chi connectivity index (χ0n) is 11.7. The van der Waals surface area contributed by atoms with Crippen molar-refractivity contribution in [1.82, 2.24) is 5.32 Å². The fourth-order valence-electron chi connectivity index (χ4n) is 2.24. The molecule has 2 nitrogen and oxygen atoms in total. The van der Waals surface area contributed by atoms with Crippen LogP contribution in [0.15, 0.2) is 58.6 Å². The van der Waals surface area contributed by atoms with Gasteiger partial charge in [0, 0.05) is 9.90 Å². The molecule has 3 rings (SSSR count). The second-order valence-corrected chi connectivity index (χ2v) is 7.01. The van der Waals surface area contributed by atoms with Gasteiger partial charge in [-0.25, -0.2) is 0 Å². The molecule has 0 aliphatic heterocycles. The van der Waals surface area contributed by atoms with Crippen LogP contribution >= 0.6 is 34.3 Å². The molecule has 0 spiro atoms. The van der Waals surface area contributed by atoms with E-state index in [4.69, 9.17) is 11.6 Å². The van der Waals surface area contributed by atoms with Gasteiger partial charge in [-0.05, 0) is 45.5 Å². The van der Waals surface area contributed by atoms with E-state index in [2.05, 4.69) is 10.7 Å². The summed E-state index contributed by atoms with van der Waals surface area (Å²) in [7, 11) is 0. The number of thiophene rings is 2. The molecule has 1 atom stereocenters. The molecule has 2 heterocycles. The minimum atomic E-state index is -0.0961. The van der Waals surface area contributed by atoms with Crippen molar-refractivity contribution in [2.45, 2.75) is 12.5 Å². The van der Waals surface area contributed by atoms with Crippen LogP contribution in [0.2, 0.25) is 5.02 Å². The van der Waals surface area contributed by atoms with E-state index in [0.29, 0.717) is 5.02 Å². The van der Waals surface area contributed by atoms with Gasteiger partial charge in [0.05, 0.1) is 12.5 Å². The molecule has 1 N–H and O–H groups in total. The zero-order valence-corrected chi connectivity index (χ0v) is 14.0. The van der Waals surface area contributed by atoms with Crippen LogP contribution in [0.25, 0.3) is 0 Å². The zero-order chi connectivity index (χ0) is 15.4. The molecular formula is C17H14ClNOS2. The minimum absolute atomic E-state index is 0.0299. The van der Waals surface area contributed by atoms with E-state index in [0.717, 1.165) is 16.0 Å². The average molecular weight is 348 g/mol. The largest absolute Gasteiger partial charge is 0.344 e. The number of hydrogen-bond donors (Lipinski definition) is 1. The molecule has 0 aliphatic rings. The van der Waals surface area contributed by atoms with Crippen molar-refractivity contribution in [3.05, 3.63) is 79.6 Å². The number of hydrogen-bond acceptors (Lipinski definition) is 3. The summed E-state index contributed by atoms with van der Waals surface area (Å²) in [4.78, 5) is 13.5. The highest BCUT2D eigenvalue weighted by molar-refractivity contribution is 7.10. The van der Waals surface area contributed by atoms with Crippen molar-refractivity contribution in [2.24, 2.45) is 0 Å². The molecule has 1 amide bonds. The lowest BCUT2D eigenvalue weighted by Crippen LogP contribution is -2.29. The molecular weight excluding hydrogens is 334 g/mol. The lowest BCUT2D eigenvalue weighted by Gasteiger charge is -2.17. The Labute approximate surface area is 142 Å². The van der Waals surface area contributed by atoms with E-state index < -0.39 is 0 Å². The summed E-state index contributed by atoms with van der Waals surface area (Å²) < 4.78 is 0. The van der Waals surface area contributed by atoms with Crippen molar-refractivity contribution in [2.75, 3.05) is 0 Å². The van der Waals surface area contributed by atoms with Crippen LogP contribution in [0.3, 0.4) is 0 Å². The number of carbonyl (C=O) groups is 1. The summed E-state index contributed by atoms with van der Waals surface area (Å²) in [6.45, 7) is 0. The lowest BCUT2D eigenvalue weighted by molar-refractivity contribution is -0.120. The van der Waals surface area contributed by atoms with Crippen LogP contribution in [0.4, 0.5) is 0 Å². The van der Waals surface area contributed by atoms with Gasteiger partial charge in [0.1, 0.15) is 0 Å². The lowest BCUT2D eigenvalue weighted by atomic mass is 10.1. The van der Waals surface area contributed by atoms with Gasteiger partial charge in [-0.2, -0.15) is 11.3 Å². The molecule has 0 radical (unpaired) electrons. The molecule has 5 heteroatoms.